The Labute approximate surface area is 154 Å². The van der Waals surface area contributed by atoms with Gasteiger partial charge in [0.25, 0.3) is 0 Å². The third-order valence-electron chi connectivity index (χ3n) is 2.32. The summed E-state index contributed by atoms with van der Waals surface area (Å²) in [7, 11) is 0. The molecule has 0 amide bonds. The Balaban J connectivity index is 6.38. The summed E-state index contributed by atoms with van der Waals surface area (Å²) in [6.07, 6.45) is -37.3. The molecular formula is C8F17IO2. The van der Waals surface area contributed by atoms with Crippen molar-refractivity contribution in [2.75, 3.05) is 0 Å². The molecule has 0 bridgehead atoms. The maximum atomic E-state index is 13.5. The van der Waals surface area contributed by atoms with Crippen molar-refractivity contribution in [1.29, 1.82) is 0 Å². The molecule has 0 N–H and O–H groups in total. The molecule has 0 aromatic heterocycles. The molecule has 170 valence electrons. The van der Waals surface area contributed by atoms with Crippen molar-refractivity contribution >= 4 is 22.6 Å². The molecule has 0 spiro atoms. The molecular weight excluding hydrogens is 578 g/mol. The molecule has 0 saturated carbocycles. The molecule has 28 heavy (non-hydrogen) atoms. The molecule has 0 heterocycles. The van der Waals surface area contributed by atoms with E-state index in [1.165, 1.54) is 4.74 Å². The van der Waals surface area contributed by atoms with Crippen molar-refractivity contribution in [2.24, 2.45) is 0 Å². The number of hydrogen-bond donors (Lipinski definition) is 0. The standard InChI is InChI=1S/C8F17IO2/c9-1(10,3(12,13)14)6(21,22)27-2(11,4(15,16)17)7(23,24)28-8(25,26)5(18,19)20. The monoisotopic (exact) mass is 578 g/mol. The van der Waals surface area contributed by atoms with Gasteiger partial charge in [0.15, 0.2) is 0 Å². The first kappa shape index (κ1) is 27.5. The van der Waals surface area contributed by atoms with E-state index in [2.05, 4.69) is 0 Å². The predicted octanol–water partition coefficient (Wildman–Crippen LogP) is 6.25. The van der Waals surface area contributed by atoms with Crippen molar-refractivity contribution in [3.8, 4) is 0 Å². The Kier molecular flexibility index (Phi) is 6.88. The minimum Gasteiger partial charge on any atom is -0.262 e. The molecule has 0 saturated heterocycles. The highest BCUT2D eigenvalue weighted by Crippen LogP contribution is 2.57. The van der Waals surface area contributed by atoms with Crippen LogP contribution in [0.4, 0.5) is 74.6 Å². The number of hydrogen-bond acceptors (Lipinski definition) is 2. The second kappa shape index (κ2) is 7.01. The van der Waals surface area contributed by atoms with Crippen LogP contribution in [0.5, 0.6) is 0 Å². The maximum Gasteiger partial charge on any atom is 0.462 e. The van der Waals surface area contributed by atoms with E-state index in [0.717, 1.165) is 0 Å². The number of alkyl halides is 18. The van der Waals surface area contributed by atoms with Gasteiger partial charge in [-0.05, 0) is 0 Å². The largest absolute Gasteiger partial charge is 0.462 e. The zero-order valence-electron chi connectivity index (χ0n) is 11.6. The van der Waals surface area contributed by atoms with Crippen LogP contribution in [0.2, 0.25) is 0 Å². The second-order valence-electron chi connectivity index (χ2n) is 4.42. The molecule has 0 radical (unpaired) electrons. The van der Waals surface area contributed by atoms with Crippen LogP contribution in [0.3, 0.4) is 0 Å². The lowest BCUT2D eigenvalue weighted by Crippen LogP contribution is -2.66. The van der Waals surface area contributed by atoms with Gasteiger partial charge in [0.2, 0.25) is 0 Å². The van der Waals surface area contributed by atoms with Gasteiger partial charge >= 0.3 is 46.4 Å². The molecule has 0 aliphatic rings. The van der Waals surface area contributed by atoms with Gasteiger partial charge in [-0.2, -0.15) is 74.6 Å². The van der Waals surface area contributed by atoms with Crippen molar-refractivity contribution < 1.29 is 84.1 Å². The third-order valence-corrected chi connectivity index (χ3v) is 3.15. The lowest BCUT2D eigenvalue weighted by Gasteiger charge is -2.39. The number of ether oxygens (including phenoxy) is 2. The summed E-state index contributed by atoms with van der Waals surface area (Å²) in [4.78, 5) is 0. The van der Waals surface area contributed by atoms with Gasteiger partial charge in [0, 0.05) is 22.6 Å². The molecule has 2 unspecified atom stereocenters. The van der Waals surface area contributed by atoms with E-state index >= 15 is 0 Å². The molecule has 0 aliphatic carbocycles. The first-order valence-electron chi connectivity index (χ1n) is 5.47. The minimum absolute atomic E-state index is 0.857. The van der Waals surface area contributed by atoms with Crippen LogP contribution >= 0.6 is 22.6 Å². The fraction of sp³-hybridized carbons (Fsp3) is 1.00. The predicted molar refractivity (Wildman–Crippen MR) is 56.9 cm³/mol. The maximum absolute atomic E-state index is 13.5. The van der Waals surface area contributed by atoms with Gasteiger partial charge in [0.05, 0.1) is 0 Å². The van der Waals surface area contributed by atoms with Crippen LogP contribution in [-0.4, -0.2) is 46.4 Å². The first-order valence-corrected chi connectivity index (χ1v) is 6.55. The molecule has 2 nitrogen and oxygen atoms in total. The zero-order valence-corrected chi connectivity index (χ0v) is 13.8. The van der Waals surface area contributed by atoms with Crippen LogP contribution < -0.4 is 0 Å². The minimum atomic E-state index is -7.81. The van der Waals surface area contributed by atoms with Gasteiger partial charge in [-0.3, -0.25) is 9.47 Å². The summed E-state index contributed by atoms with van der Waals surface area (Å²) < 4.78 is 209. The Hall–Kier alpha value is -0.540. The van der Waals surface area contributed by atoms with Crippen molar-refractivity contribution in [3.63, 3.8) is 0 Å². The Morgan fingerprint density at radius 1 is 0.429 bits per heavy atom. The van der Waals surface area contributed by atoms with E-state index in [0.29, 0.717) is 0 Å². The summed E-state index contributed by atoms with van der Waals surface area (Å²) in [6.45, 7) is 0. The van der Waals surface area contributed by atoms with E-state index in [4.69, 9.17) is 0 Å². The molecule has 0 aliphatic heterocycles. The lowest BCUT2D eigenvalue weighted by atomic mass is 10.2. The van der Waals surface area contributed by atoms with Gasteiger partial charge in [-0.15, -0.1) is 0 Å². The Bertz CT molecular complexity index is 559. The highest BCUT2D eigenvalue weighted by Gasteiger charge is 2.84. The first-order chi connectivity index (χ1) is 11.7. The van der Waals surface area contributed by atoms with Gasteiger partial charge in [-0.25, -0.2) is 0 Å². The van der Waals surface area contributed by atoms with Crippen LogP contribution in [-0.2, 0) is 9.47 Å². The molecule has 0 aromatic carbocycles. The second-order valence-corrected chi connectivity index (χ2v) is 5.80. The number of halogens is 18. The van der Waals surface area contributed by atoms with Crippen LogP contribution in [0, 0.1) is 0 Å². The van der Waals surface area contributed by atoms with E-state index in [1.54, 1.807) is 0 Å². The van der Waals surface area contributed by atoms with Gasteiger partial charge < -0.3 is 0 Å². The van der Waals surface area contributed by atoms with Crippen LogP contribution in [0.1, 0.15) is 0 Å². The van der Waals surface area contributed by atoms with Gasteiger partial charge in [-0.1, -0.05) is 0 Å². The quantitative estimate of drug-likeness (QED) is 0.211. The van der Waals surface area contributed by atoms with E-state index in [-0.39, 0.29) is 0 Å². The average Bonchev–Trinajstić information content (AvgIpc) is 2.31. The van der Waals surface area contributed by atoms with E-state index in [1.807, 2.05) is 4.74 Å². The van der Waals surface area contributed by atoms with Crippen molar-refractivity contribution in [1.82, 2.24) is 0 Å². The van der Waals surface area contributed by atoms with Crippen LogP contribution in [0.15, 0.2) is 0 Å². The smallest absolute Gasteiger partial charge is 0.262 e. The fourth-order valence-electron chi connectivity index (χ4n) is 0.972. The molecule has 0 aromatic rings. The third kappa shape index (κ3) is 4.78. The summed E-state index contributed by atoms with van der Waals surface area (Å²) in [6, 6.07) is 0. The molecule has 20 heteroatoms. The summed E-state index contributed by atoms with van der Waals surface area (Å²) in [5, 5.41) is 0. The topological polar surface area (TPSA) is 18.5 Å². The molecule has 2 atom stereocenters. The van der Waals surface area contributed by atoms with Crippen LogP contribution in [0.25, 0.3) is 0 Å². The summed E-state index contributed by atoms with van der Waals surface area (Å²) in [5.74, 6) is -15.6. The zero-order chi connectivity index (χ0) is 23.4. The van der Waals surface area contributed by atoms with Crippen molar-refractivity contribution in [2.45, 2.75) is 46.4 Å². The highest BCUT2D eigenvalue weighted by molar-refractivity contribution is 14.1. The SMILES string of the molecule is FC(F)(F)C(F)(I)OC(F)(F)C(F)(OC(F)(F)C(F)(F)C(F)(F)F)C(F)(F)F. The Morgan fingerprint density at radius 3 is 1.04 bits per heavy atom. The number of rotatable bonds is 6. The summed E-state index contributed by atoms with van der Waals surface area (Å²) >= 11 is -0.857. The molecule has 0 fully saturated rings. The normalized spacial score (nSPS) is 19.9. The Morgan fingerprint density at radius 2 is 0.786 bits per heavy atom. The lowest BCUT2D eigenvalue weighted by molar-refractivity contribution is -0.544. The highest BCUT2D eigenvalue weighted by atomic mass is 127. The molecule has 0 rings (SSSR count). The van der Waals surface area contributed by atoms with E-state index in [9.17, 15) is 74.6 Å². The summed E-state index contributed by atoms with van der Waals surface area (Å²) in [5.41, 5.74) is 0. The average molecular weight is 578 g/mol. The van der Waals surface area contributed by atoms with Gasteiger partial charge in [0.1, 0.15) is 0 Å². The fourth-order valence-corrected chi connectivity index (χ4v) is 1.25. The van der Waals surface area contributed by atoms with Crippen molar-refractivity contribution in [3.05, 3.63) is 0 Å². The van der Waals surface area contributed by atoms with E-state index < -0.39 is 69.0 Å².